The Hall–Kier alpha value is -2.24. The highest BCUT2D eigenvalue weighted by atomic mass is 16.4. The fraction of sp³-hybridized carbons (Fsp3) is 0.200. The minimum atomic E-state index is -1.16. The van der Waals surface area contributed by atoms with E-state index in [0.29, 0.717) is 16.8 Å². The lowest BCUT2D eigenvalue weighted by Crippen LogP contribution is -2.09. The van der Waals surface area contributed by atoms with Crippen LogP contribution >= 0.6 is 0 Å². The summed E-state index contributed by atoms with van der Waals surface area (Å²) in [5.74, 6) is -0.467. The first kappa shape index (κ1) is 10.3. The van der Waals surface area contributed by atoms with E-state index in [0.717, 1.165) is 5.56 Å². The van der Waals surface area contributed by atoms with Crippen molar-refractivity contribution >= 4 is 22.9 Å². The zero-order chi connectivity index (χ0) is 11.9. The second-order valence-corrected chi connectivity index (χ2v) is 3.50. The van der Waals surface area contributed by atoms with Gasteiger partial charge in [0.25, 0.3) is 0 Å². The van der Waals surface area contributed by atoms with Gasteiger partial charge in [-0.3, -0.25) is 9.88 Å². The SMILES string of the molecule is Cc1cc(NC(=O)O)cc2oc(=O)n(C)c12. The number of nitrogens with zero attached hydrogens (tertiary/aromatic N) is 1. The van der Waals surface area contributed by atoms with Crippen molar-refractivity contribution in [1.82, 2.24) is 4.57 Å². The van der Waals surface area contributed by atoms with E-state index >= 15 is 0 Å². The number of carboxylic acid groups (broad SMARTS) is 1. The lowest BCUT2D eigenvalue weighted by molar-refractivity contribution is 0.210. The summed E-state index contributed by atoms with van der Waals surface area (Å²) in [7, 11) is 1.60. The molecule has 2 aromatic rings. The quantitative estimate of drug-likeness (QED) is 0.766. The van der Waals surface area contributed by atoms with Crippen LogP contribution in [0, 0.1) is 6.92 Å². The molecule has 0 spiro atoms. The van der Waals surface area contributed by atoms with Gasteiger partial charge in [0, 0.05) is 18.8 Å². The molecule has 0 saturated carbocycles. The first-order valence-electron chi connectivity index (χ1n) is 4.59. The molecule has 1 aromatic carbocycles. The minimum absolute atomic E-state index is 0.372. The number of rotatable bonds is 1. The van der Waals surface area contributed by atoms with Crippen LogP contribution in [0.3, 0.4) is 0 Å². The zero-order valence-electron chi connectivity index (χ0n) is 8.77. The predicted octanol–water partition coefficient (Wildman–Crippen LogP) is 1.53. The van der Waals surface area contributed by atoms with Crippen molar-refractivity contribution in [3.05, 3.63) is 28.2 Å². The van der Waals surface area contributed by atoms with Crippen molar-refractivity contribution in [2.75, 3.05) is 5.32 Å². The number of benzene rings is 1. The molecule has 1 amide bonds. The molecule has 16 heavy (non-hydrogen) atoms. The lowest BCUT2D eigenvalue weighted by Gasteiger charge is -2.03. The summed E-state index contributed by atoms with van der Waals surface area (Å²) in [5, 5.41) is 10.8. The largest absolute Gasteiger partial charge is 0.465 e. The van der Waals surface area contributed by atoms with Crippen LogP contribution in [0.5, 0.6) is 0 Å². The second kappa shape index (κ2) is 3.41. The molecule has 0 fully saturated rings. The summed E-state index contributed by atoms with van der Waals surface area (Å²) in [6, 6.07) is 3.13. The average Bonchev–Trinajstić information content (AvgIpc) is 2.41. The second-order valence-electron chi connectivity index (χ2n) is 3.50. The first-order chi connectivity index (χ1) is 7.49. The van der Waals surface area contributed by atoms with E-state index in [1.165, 1.54) is 10.6 Å². The summed E-state index contributed by atoms with van der Waals surface area (Å²) in [6.07, 6.45) is -1.16. The van der Waals surface area contributed by atoms with Crippen LogP contribution in [0.2, 0.25) is 0 Å². The Kier molecular flexibility index (Phi) is 2.19. The Labute approximate surface area is 90.1 Å². The number of hydrogen-bond acceptors (Lipinski definition) is 3. The maximum atomic E-state index is 11.3. The van der Waals surface area contributed by atoms with Crippen molar-refractivity contribution in [2.45, 2.75) is 6.92 Å². The molecule has 6 heteroatoms. The molecular weight excluding hydrogens is 212 g/mol. The standard InChI is InChI=1S/C10H10N2O4/c1-5-3-6(11-9(13)14)4-7-8(5)12(2)10(15)16-7/h3-4,11H,1-2H3,(H,13,14). The molecule has 84 valence electrons. The lowest BCUT2D eigenvalue weighted by atomic mass is 10.2. The highest BCUT2D eigenvalue weighted by Crippen LogP contribution is 2.22. The summed E-state index contributed by atoms with van der Waals surface area (Å²) < 4.78 is 6.36. The number of amides is 1. The van der Waals surface area contributed by atoms with Crippen molar-refractivity contribution < 1.29 is 14.3 Å². The van der Waals surface area contributed by atoms with Crippen molar-refractivity contribution in [1.29, 1.82) is 0 Å². The Morgan fingerprint density at radius 2 is 2.19 bits per heavy atom. The number of hydrogen-bond donors (Lipinski definition) is 2. The fourth-order valence-corrected chi connectivity index (χ4v) is 1.70. The average molecular weight is 222 g/mol. The molecule has 0 aliphatic rings. The van der Waals surface area contributed by atoms with Gasteiger partial charge < -0.3 is 9.52 Å². The Balaban J connectivity index is 2.68. The van der Waals surface area contributed by atoms with E-state index in [4.69, 9.17) is 9.52 Å². The van der Waals surface area contributed by atoms with Gasteiger partial charge in [-0.05, 0) is 18.6 Å². The minimum Gasteiger partial charge on any atom is -0.465 e. The number of aromatic nitrogens is 1. The molecule has 6 nitrogen and oxygen atoms in total. The normalized spacial score (nSPS) is 10.6. The molecular formula is C10H10N2O4. The van der Waals surface area contributed by atoms with Gasteiger partial charge in [0.2, 0.25) is 0 Å². The summed E-state index contributed by atoms with van der Waals surface area (Å²) in [4.78, 5) is 21.8. The summed E-state index contributed by atoms with van der Waals surface area (Å²) in [6.45, 7) is 1.78. The molecule has 2 N–H and O–H groups in total. The van der Waals surface area contributed by atoms with Crippen molar-refractivity contribution in [2.24, 2.45) is 7.05 Å². The van der Waals surface area contributed by atoms with Crippen LogP contribution in [-0.2, 0) is 7.05 Å². The van der Waals surface area contributed by atoms with E-state index in [1.807, 2.05) is 0 Å². The van der Waals surface area contributed by atoms with Gasteiger partial charge in [-0.15, -0.1) is 0 Å². The van der Waals surface area contributed by atoms with Gasteiger partial charge >= 0.3 is 11.8 Å². The highest BCUT2D eigenvalue weighted by Gasteiger charge is 2.10. The number of aryl methyl sites for hydroxylation is 2. The van der Waals surface area contributed by atoms with Crippen molar-refractivity contribution in [3.63, 3.8) is 0 Å². The predicted molar refractivity (Wildman–Crippen MR) is 57.8 cm³/mol. The van der Waals surface area contributed by atoms with Gasteiger partial charge in [-0.1, -0.05) is 0 Å². The maximum absolute atomic E-state index is 11.3. The monoisotopic (exact) mass is 222 g/mol. The van der Waals surface area contributed by atoms with Crippen LogP contribution in [-0.4, -0.2) is 15.8 Å². The number of oxazole rings is 1. The Morgan fingerprint density at radius 3 is 2.81 bits per heavy atom. The highest BCUT2D eigenvalue weighted by molar-refractivity contribution is 5.88. The van der Waals surface area contributed by atoms with Gasteiger partial charge in [0.1, 0.15) is 0 Å². The van der Waals surface area contributed by atoms with Crippen LogP contribution in [0.1, 0.15) is 5.56 Å². The zero-order valence-corrected chi connectivity index (χ0v) is 8.77. The van der Waals surface area contributed by atoms with E-state index in [2.05, 4.69) is 5.32 Å². The molecule has 0 bridgehead atoms. The summed E-state index contributed by atoms with van der Waals surface area (Å²) in [5.41, 5.74) is 2.19. The van der Waals surface area contributed by atoms with E-state index < -0.39 is 11.8 Å². The Morgan fingerprint density at radius 1 is 1.50 bits per heavy atom. The van der Waals surface area contributed by atoms with Gasteiger partial charge in [-0.2, -0.15) is 0 Å². The fourth-order valence-electron chi connectivity index (χ4n) is 1.70. The smallest absolute Gasteiger partial charge is 0.419 e. The van der Waals surface area contributed by atoms with Crippen LogP contribution in [0.15, 0.2) is 21.3 Å². The third-order valence-electron chi connectivity index (χ3n) is 2.32. The van der Waals surface area contributed by atoms with Gasteiger partial charge in [-0.25, -0.2) is 9.59 Å². The number of carbonyl (C=O) groups is 1. The van der Waals surface area contributed by atoms with E-state index in [-0.39, 0.29) is 0 Å². The first-order valence-corrected chi connectivity index (χ1v) is 4.59. The van der Waals surface area contributed by atoms with Crippen LogP contribution < -0.4 is 11.1 Å². The molecule has 0 atom stereocenters. The molecule has 2 rings (SSSR count). The molecule has 1 heterocycles. The maximum Gasteiger partial charge on any atom is 0.419 e. The molecule has 0 aliphatic carbocycles. The Bertz CT molecular complexity index is 624. The molecule has 0 unspecified atom stereocenters. The summed E-state index contributed by atoms with van der Waals surface area (Å²) >= 11 is 0. The van der Waals surface area contributed by atoms with E-state index in [1.54, 1.807) is 20.0 Å². The molecule has 0 aliphatic heterocycles. The molecule has 0 saturated heterocycles. The number of anilines is 1. The topological polar surface area (TPSA) is 84.5 Å². The molecule has 0 radical (unpaired) electrons. The van der Waals surface area contributed by atoms with Gasteiger partial charge in [0.15, 0.2) is 5.58 Å². The van der Waals surface area contributed by atoms with Gasteiger partial charge in [0.05, 0.1) is 5.52 Å². The van der Waals surface area contributed by atoms with E-state index in [9.17, 15) is 9.59 Å². The number of fused-ring (bicyclic) bond motifs is 1. The van der Waals surface area contributed by atoms with Crippen LogP contribution in [0.25, 0.3) is 11.1 Å². The third-order valence-corrected chi connectivity index (χ3v) is 2.32. The van der Waals surface area contributed by atoms with Crippen LogP contribution in [0.4, 0.5) is 10.5 Å². The number of nitrogens with one attached hydrogen (secondary N) is 1. The third kappa shape index (κ3) is 1.54. The van der Waals surface area contributed by atoms with Crippen molar-refractivity contribution in [3.8, 4) is 0 Å². The molecule has 1 aromatic heterocycles.